The van der Waals surface area contributed by atoms with E-state index in [0.717, 1.165) is 30.8 Å². The summed E-state index contributed by atoms with van der Waals surface area (Å²) in [6.45, 7) is 11.2. The summed E-state index contributed by atoms with van der Waals surface area (Å²) in [5.74, 6) is 1.69. The van der Waals surface area contributed by atoms with E-state index in [1.807, 2.05) is 36.4 Å². The lowest BCUT2D eigenvalue weighted by Gasteiger charge is -2.41. The van der Waals surface area contributed by atoms with Gasteiger partial charge in [0.2, 0.25) is 5.89 Å². The molecule has 2 unspecified atom stereocenters. The third-order valence-electron chi connectivity index (χ3n) is 8.07. The Bertz CT molecular complexity index is 1490. The van der Waals surface area contributed by atoms with Crippen molar-refractivity contribution in [3.63, 3.8) is 0 Å². The molecule has 2 atom stereocenters. The molecule has 5 rings (SSSR count). The van der Waals surface area contributed by atoms with E-state index >= 15 is 0 Å². The summed E-state index contributed by atoms with van der Waals surface area (Å²) in [5.41, 5.74) is 2.97. The first-order chi connectivity index (χ1) is 19.0. The summed E-state index contributed by atoms with van der Waals surface area (Å²) < 4.78 is 19.3. The topological polar surface area (TPSA) is 94.7 Å². The smallest absolute Gasteiger partial charge is 0.354 e. The summed E-state index contributed by atoms with van der Waals surface area (Å²) in [7, 11) is -2.19. The van der Waals surface area contributed by atoms with Gasteiger partial charge < -0.3 is 18.7 Å². The van der Waals surface area contributed by atoms with E-state index in [0.29, 0.717) is 17.3 Å². The normalized spacial score (nSPS) is 16.3. The average Bonchev–Trinajstić information content (AvgIpc) is 3.42. The molecule has 0 bridgehead atoms. The number of aromatic nitrogens is 2. The maximum Gasteiger partial charge on any atom is 0.354 e. The first-order valence-corrected chi connectivity index (χ1v) is 16.6. The number of fused-ring (bicyclic) bond motifs is 1. The molecule has 1 N–H and O–H groups in total. The zero-order valence-electron chi connectivity index (χ0n) is 23.7. The second-order valence-electron chi connectivity index (χ2n) is 11.9. The Morgan fingerprint density at radius 1 is 1.02 bits per heavy atom. The molecular weight excluding hydrogens is 520 g/mol. The Kier molecular flexibility index (Phi) is 7.66. The number of hydrogen-bond donors (Lipinski definition) is 1. The number of carboxylic acid groups (broad SMARTS) is 1. The van der Waals surface area contributed by atoms with Crippen LogP contribution in [0.4, 0.5) is 0 Å². The van der Waals surface area contributed by atoms with Crippen LogP contribution in [-0.4, -0.2) is 29.4 Å². The number of oxazole rings is 1. The minimum absolute atomic E-state index is 0.00823. The standard InChI is InChI=1S/C32H36N2O5Si/c1-32(2,3)40(4,5)39-29(30-33-20-28(38-30)26-12-9-13-27(34-26)31(35)36)23-15-14-22-19-25(17-16-21(22)18-23)37-24-10-7-6-8-11-24/h6-13,16-17,19-20,23,29H,14-15,18H2,1-5H3,(H,35,36). The number of pyridine rings is 1. The molecule has 0 amide bonds. The van der Waals surface area contributed by atoms with Crippen LogP contribution in [0.2, 0.25) is 18.1 Å². The maximum absolute atomic E-state index is 11.4. The predicted molar refractivity (Wildman–Crippen MR) is 156 cm³/mol. The number of para-hydroxylation sites is 1. The van der Waals surface area contributed by atoms with Crippen LogP contribution in [0.5, 0.6) is 11.5 Å². The highest BCUT2D eigenvalue weighted by molar-refractivity contribution is 6.74. The molecule has 1 aliphatic rings. The van der Waals surface area contributed by atoms with Crippen LogP contribution < -0.4 is 4.74 Å². The Hall–Kier alpha value is -3.75. The van der Waals surface area contributed by atoms with Crippen molar-refractivity contribution in [3.8, 4) is 23.0 Å². The number of ether oxygens (including phenoxy) is 1. The number of carbonyl (C=O) groups is 1. The van der Waals surface area contributed by atoms with Gasteiger partial charge in [-0.2, -0.15) is 0 Å². The molecule has 2 aromatic carbocycles. The molecule has 0 spiro atoms. The van der Waals surface area contributed by atoms with Crippen molar-refractivity contribution < 1.29 is 23.5 Å². The second-order valence-corrected chi connectivity index (χ2v) is 16.7. The van der Waals surface area contributed by atoms with E-state index in [-0.39, 0.29) is 22.8 Å². The molecule has 208 valence electrons. The van der Waals surface area contributed by atoms with Crippen molar-refractivity contribution in [2.24, 2.45) is 5.92 Å². The summed E-state index contributed by atoms with van der Waals surface area (Å²) in [5, 5.41) is 9.37. The highest BCUT2D eigenvalue weighted by atomic mass is 28.4. The molecule has 1 aliphatic carbocycles. The molecule has 2 aromatic heterocycles. The van der Waals surface area contributed by atoms with E-state index in [2.05, 4.69) is 56.0 Å². The van der Waals surface area contributed by atoms with Crippen molar-refractivity contribution in [1.29, 1.82) is 0 Å². The summed E-state index contributed by atoms with van der Waals surface area (Å²) in [6.07, 6.45) is 3.95. The van der Waals surface area contributed by atoms with E-state index in [9.17, 15) is 9.90 Å². The fourth-order valence-corrected chi connectivity index (χ4v) is 6.06. The number of aryl methyl sites for hydroxylation is 1. The average molecular weight is 557 g/mol. The van der Waals surface area contributed by atoms with Crippen molar-refractivity contribution in [3.05, 3.63) is 95.6 Å². The van der Waals surface area contributed by atoms with Gasteiger partial charge in [0.25, 0.3) is 0 Å². The van der Waals surface area contributed by atoms with E-state index < -0.39 is 14.3 Å². The second kappa shape index (κ2) is 11.0. The van der Waals surface area contributed by atoms with Crippen molar-refractivity contribution in [2.75, 3.05) is 0 Å². The fourth-order valence-electron chi connectivity index (χ4n) is 4.78. The number of carboxylic acids is 1. The molecule has 40 heavy (non-hydrogen) atoms. The van der Waals surface area contributed by atoms with Crippen LogP contribution in [0.15, 0.2) is 77.3 Å². The quantitative estimate of drug-likeness (QED) is 0.219. The van der Waals surface area contributed by atoms with Gasteiger partial charge in [-0.15, -0.1) is 0 Å². The maximum atomic E-state index is 11.4. The molecule has 2 heterocycles. The van der Waals surface area contributed by atoms with Crippen molar-refractivity contribution in [1.82, 2.24) is 9.97 Å². The highest BCUT2D eigenvalue weighted by Crippen LogP contribution is 2.45. The van der Waals surface area contributed by atoms with Crippen LogP contribution in [-0.2, 0) is 17.3 Å². The van der Waals surface area contributed by atoms with E-state index in [4.69, 9.17) is 13.6 Å². The van der Waals surface area contributed by atoms with Gasteiger partial charge in [0, 0.05) is 0 Å². The van der Waals surface area contributed by atoms with Crippen molar-refractivity contribution in [2.45, 2.75) is 64.3 Å². The van der Waals surface area contributed by atoms with Gasteiger partial charge in [0.15, 0.2) is 14.1 Å². The van der Waals surface area contributed by atoms with Gasteiger partial charge in [0.1, 0.15) is 29.0 Å². The molecule has 0 fully saturated rings. The highest BCUT2D eigenvalue weighted by Gasteiger charge is 2.43. The van der Waals surface area contributed by atoms with Crippen LogP contribution >= 0.6 is 0 Å². The van der Waals surface area contributed by atoms with Gasteiger partial charge >= 0.3 is 5.97 Å². The monoisotopic (exact) mass is 556 g/mol. The first kappa shape index (κ1) is 27.8. The zero-order chi connectivity index (χ0) is 28.5. The summed E-state index contributed by atoms with van der Waals surface area (Å²) >= 11 is 0. The number of benzene rings is 2. The van der Waals surface area contributed by atoms with Gasteiger partial charge in [-0.05, 0) is 90.8 Å². The minimum Gasteiger partial charge on any atom is -0.477 e. The SMILES string of the molecule is CC(C)(C)[Si](C)(C)OC(c1ncc(-c2cccc(C(=O)O)n2)o1)C1CCc2cc(Oc3ccccc3)ccc2C1. The van der Waals surface area contributed by atoms with Gasteiger partial charge in [-0.25, -0.2) is 14.8 Å². The lowest BCUT2D eigenvalue weighted by molar-refractivity contribution is 0.0690. The molecular formula is C32H36N2O5Si. The lowest BCUT2D eigenvalue weighted by Crippen LogP contribution is -2.43. The number of hydrogen-bond acceptors (Lipinski definition) is 6. The summed E-state index contributed by atoms with van der Waals surface area (Å²) in [6, 6.07) is 21.0. The van der Waals surface area contributed by atoms with Crippen LogP contribution in [0.1, 0.15) is 60.8 Å². The molecule has 0 saturated carbocycles. The number of rotatable bonds is 8. The zero-order valence-corrected chi connectivity index (χ0v) is 24.7. The van der Waals surface area contributed by atoms with Crippen LogP contribution in [0, 0.1) is 5.92 Å². The largest absolute Gasteiger partial charge is 0.477 e. The fraction of sp³-hybridized carbons (Fsp3) is 0.344. The Balaban J connectivity index is 1.42. The Morgan fingerprint density at radius 3 is 2.52 bits per heavy atom. The Morgan fingerprint density at radius 2 is 1.80 bits per heavy atom. The van der Waals surface area contributed by atoms with Gasteiger partial charge in [0.05, 0.1) is 6.20 Å². The predicted octanol–water partition coefficient (Wildman–Crippen LogP) is 8.10. The molecule has 0 aliphatic heterocycles. The molecule has 0 saturated heterocycles. The molecule has 8 heteroatoms. The lowest BCUT2D eigenvalue weighted by atomic mass is 9.81. The Labute approximate surface area is 236 Å². The molecule has 0 radical (unpaired) electrons. The third-order valence-corrected chi connectivity index (χ3v) is 12.5. The number of aromatic carboxylic acids is 1. The minimum atomic E-state index is -2.19. The van der Waals surface area contributed by atoms with Gasteiger partial charge in [-0.3, -0.25) is 0 Å². The van der Waals surface area contributed by atoms with Crippen molar-refractivity contribution >= 4 is 14.3 Å². The van der Waals surface area contributed by atoms with Crippen LogP contribution in [0.25, 0.3) is 11.5 Å². The van der Waals surface area contributed by atoms with Gasteiger partial charge in [-0.1, -0.05) is 51.1 Å². The third kappa shape index (κ3) is 6.03. The summed E-state index contributed by atoms with van der Waals surface area (Å²) in [4.78, 5) is 20.3. The first-order valence-electron chi connectivity index (χ1n) is 13.7. The van der Waals surface area contributed by atoms with E-state index in [1.165, 1.54) is 17.2 Å². The number of nitrogens with zero attached hydrogens (tertiary/aromatic N) is 2. The van der Waals surface area contributed by atoms with E-state index in [1.54, 1.807) is 18.3 Å². The molecule has 4 aromatic rings. The molecule has 7 nitrogen and oxygen atoms in total. The van der Waals surface area contributed by atoms with Crippen LogP contribution in [0.3, 0.4) is 0 Å².